The summed E-state index contributed by atoms with van der Waals surface area (Å²) in [4.78, 5) is 14.6. The Labute approximate surface area is 130 Å². The molecular weight excluding hydrogens is 276 g/mol. The van der Waals surface area contributed by atoms with Gasteiger partial charge in [-0.2, -0.15) is 5.10 Å². The average Bonchev–Trinajstić information content (AvgIpc) is 3.16. The SMILES string of the molecule is Cc1ccccc1-n1ncc(C(=O)N(C)[C@H]2CCNC2)c1C. The smallest absolute Gasteiger partial charge is 0.257 e. The van der Waals surface area contributed by atoms with Crippen molar-refractivity contribution in [2.45, 2.75) is 26.3 Å². The summed E-state index contributed by atoms with van der Waals surface area (Å²) in [7, 11) is 1.88. The summed E-state index contributed by atoms with van der Waals surface area (Å²) in [6.07, 6.45) is 2.69. The third-order valence-corrected chi connectivity index (χ3v) is 4.49. The van der Waals surface area contributed by atoms with E-state index in [1.54, 1.807) is 6.20 Å². The molecule has 1 saturated heterocycles. The first-order valence-corrected chi connectivity index (χ1v) is 7.68. The van der Waals surface area contributed by atoms with E-state index in [1.165, 1.54) is 0 Å². The van der Waals surface area contributed by atoms with Crippen LogP contribution in [0.1, 0.15) is 28.0 Å². The Balaban J connectivity index is 1.90. The molecule has 3 rings (SSSR count). The zero-order chi connectivity index (χ0) is 15.7. The van der Waals surface area contributed by atoms with Crippen molar-refractivity contribution >= 4 is 5.91 Å². The molecule has 1 aliphatic rings. The van der Waals surface area contributed by atoms with Gasteiger partial charge in [0, 0.05) is 19.6 Å². The molecule has 0 saturated carbocycles. The normalized spacial score (nSPS) is 17.7. The molecule has 0 spiro atoms. The summed E-state index contributed by atoms with van der Waals surface area (Å²) < 4.78 is 1.85. The molecule has 1 aromatic heterocycles. The Morgan fingerprint density at radius 1 is 1.36 bits per heavy atom. The molecule has 5 nitrogen and oxygen atoms in total. The quantitative estimate of drug-likeness (QED) is 0.942. The van der Waals surface area contributed by atoms with Crippen molar-refractivity contribution in [3.8, 4) is 5.69 Å². The van der Waals surface area contributed by atoms with Crippen LogP contribution in [-0.2, 0) is 0 Å². The van der Waals surface area contributed by atoms with E-state index in [4.69, 9.17) is 0 Å². The lowest BCUT2D eigenvalue weighted by atomic mass is 10.1. The van der Waals surface area contributed by atoms with Crippen molar-refractivity contribution in [1.82, 2.24) is 20.0 Å². The van der Waals surface area contributed by atoms with Crippen LogP contribution in [0, 0.1) is 13.8 Å². The van der Waals surface area contributed by atoms with E-state index in [-0.39, 0.29) is 11.9 Å². The number of rotatable bonds is 3. The number of amides is 1. The lowest BCUT2D eigenvalue weighted by molar-refractivity contribution is 0.0743. The maximum Gasteiger partial charge on any atom is 0.257 e. The molecule has 0 radical (unpaired) electrons. The van der Waals surface area contributed by atoms with Gasteiger partial charge in [0.1, 0.15) is 0 Å². The summed E-state index contributed by atoms with van der Waals surface area (Å²) in [6.45, 7) is 5.85. The molecule has 2 aromatic rings. The lowest BCUT2D eigenvalue weighted by Gasteiger charge is -2.23. The van der Waals surface area contributed by atoms with Crippen LogP contribution in [0.25, 0.3) is 5.69 Å². The van der Waals surface area contributed by atoms with Gasteiger partial charge < -0.3 is 10.2 Å². The van der Waals surface area contributed by atoms with Crippen LogP contribution in [0.3, 0.4) is 0 Å². The number of carbonyl (C=O) groups is 1. The number of nitrogens with zero attached hydrogens (tertiary/aromatic N) is 3. The fraction of sp³-hybridized carbons (Fsp3) is 0.412. The van der Waals surface area contributed by atoms with Crippen LogP contribution in [0.15, 0.2) is 30.5 Å². The predicted molar refractivity (Wildman–Crippen MR) is 86.4 cm³/mol. The van der Waals surface area contributed by atoms with E-state index in [1.807, 2.05) is 54.7 Å². The highest BCUT2D eigenvalue weighted by Crippen LogP contribution is 2.19. The van der Waals surface area contributed by atoms with E-state index < -0.39 is 0 Å². The van der Waals surface area contributed by atoms with Crippen molar-refractivity contribution in [2.24, 2.45) is 0 Å². The number of para-hydroxylation sites is 1. The van der Waals surface area contributed by atoms with Crippen molar-refractivity contribution in [2.75, 3.05) is 20.1 Å². The molecule has 1 fully saturated rings. The topological polar surface area (TPSA) is 50.2 Å². The van der Waals surface area contributed by atoms with E-state index in [2.05, 4.69) is 10.4 Å². The van der Waals surface area contributed by atoms with Crippen molar-refractivity contribution in [1.29, 1.82) is 0 Å². The van der Waals surface area contributed by atoms with Gasteiger partial charge in [0.15, 0.2) is 0 Å². The number of carbonyl (C=O) groups excluding carboxylic acids is 1. The maximum atomic E-state index is 12.7. The number of likely N-dealkylation sites (N-methyl/N-ethyl adjacent to an activating group) is 1. The van der Waals surface area contributed by atoms with Crippen LogP contribution in [0.5, 0.6) is 0 Å². The molecule has 1 amide bonds. The van der Waals surface area contributed by atoms with Crippen LogP contribution in [0.2, 0.25) is 0 Å². The molecule has 0 unspecified atom stereocenters. The van der Waals surface area contributed by atoms with Crippen LogP contribution < -0.4 is 5.32 Å². The fourth-order valence-electron chi connectivity index (χ4n) is 2.99. The van der Waals surface area contributed by atoms with Gasteiger partial charge in [0.2, 0.25) is 0 Å². The number of benzene rings is 1. The average molecular weight is 298 g/mol. The van der Waals surface area contributed by atoms with Crippen molar-refractivity contribution in [3.05, 3.63) is 47.3 Å². The van der Waals surface area contributed by atoms with Crippen molar-refractivity contribution < 1.29 is 4.79 Å². The van der Waals surface area contributed by atoms with Crippen LogP contribution >= 0.6 is 0 Å². The van der Waals surface area contributed by atoms with E-state index in [0.29, 0.717) is 5.56 Å². The van der Waals surface area contributed by atoms with E-state index >= 15 is 0 Å². The Morgan fingerprint density at radius 3 is 2.82 bits per heavy atom. The summed E-state index contributed by atoms with van der Waals surface area (Å²) in [5.74, 6) is 0.0473. The highest BCUT2D eigenvalue weighted by atomic mass is 16.2. The second-order valence-corrected chi connectivity index (χ2v) is 5.90. The third kappa shape index (κ3) is 2.52. The van der Waals surface area contributed by atoms with Gasteiger partial charge in [-0.25, -0.2) is 4.68 Å². The Bertz CT molecular complexity index is 686. The van der Waals surface area contributed by atoms with Gasteiger partial charge in [0.25, 0.3) is 5.91 Å². The van der Waals surface area contributed by atoms with Gasteiger partial charge in [-0.15, -0.1) is 0 Å². The van der Waals surface area contributed by atoms with Gasteiger partial charge >= 0.3 is 0 Å². The highest BCUT2D eigenvalue weighted by molar-refractivity contribution is 5.95. The minimum atomic E-state index is 0.0473. The van der Waals surface area contributed by atoms with Crippen molar-refractivity contribution in [3.63, 3.8) is 0 Å². The van der Waals surface area contributed by atoms with Crippen LogP contribution in [-0.4, -0.2) is 46.8 Å². The fourth-order valence-corrected chi connectivity index (χ4v) is 2.99. The number of nitrogens with one attached hydrogen (secondary N) is 1. The minimum Gasteiger partial charge on any atom is -0.337 e. The Kier molecular flexibility index (Phi) is 3.98. The molecule has 1 aliphatic heterocycles. The number of aryl methyl sites for hydroxylation is 1. The first-order chi connectivity index (χ1) is 10.6. The van der Waals surface area contributed by atoms with Gasteiger partial charge in [-0.05, 0) is 38.4 Å². The highest BCUT2D eigenvalue weighted by Gasteiger charge is 2.26. The van der Waals surface area contributed by atoms with E-state index in [9.17, 15) is 4.79 Å². The number of hydrogen-bond acceptors (Lipinski definition) is 3. The third-order valence-electron chi connectivity index (χ3n) is 4.49. The second-order valence-electron chi connectivity index (χ2n) is 5.90. The molecule has 0 bridgehead atoms. The molecule has 2 heterocycles. The predicted octanol–water partition coefficient (Wildman–Crippen LogP) is 1.92. The molecule has 1 atom stereocenters. The molecule has 116 valence electrons. The first-order valence-electron chi connectivity index (χ1n) is 7.68. The molecule has 1 N–H and O–H groups in total. The zero-order valence-corrected chi connectivity index (χ0v) is 13.3. The molecule has 1 aromatic carbocycles. The Morgan fingerprint density at radius 2 is 2.14 bits per heavy atom. The standard InChI is InChI=1S/C17H22N4O/c1-12-6-4-5-7-16(12)21-13(2)15(11-19-21)17(22)20(3)14-8-9-18-10-14/h4-7,11,14,18H,8-10H2,1-3H3/t14-/m0/s1. The monoisotopic (exact) mass is 298 g/mol. The lowest BCUT2D eigenvalue weighted by Crippen LogP contribution is -2.38. The molecular formula is C17H22N4O. The Hall–Kier alpha value is -2.14. The van der Waals surface area contributed by atoms with Gasteiger partial charge in [-0.3, -0.25) is 4.79 Å². The number of hydrogen-bond donors (Lipinski definition) is 1. The second kappa shape index (κ2) is 5.93. The largest absolute Gasteiger partial charge is 0.337 e. The van der Waals surface area contributed by atoms with Gasteiger partial charge in [0.05, 0.1) is 23.1 Å². The summed E-state index contributed by atoms with van der Waals surface area (Å²) in [6, 6.07) is 8.34. The first kappa shape index (κ1) is 14.8. The summed E-state index contributed by atoms with van der Waals surface area (Å²) >= 11 is 0. The van der Waals surface area contributed by atoms with Crippen LogP contribution in [0.4, 0.5) is 0 Å². The van der Waals surface area contributed by atoms with E-state index in [0.717, 1.165) is 36.5 Å². The molecule has 0 aliphatic carbocycles. The summed E-state index contributed by atoms with van der Waals surface area (Å²) in [5.41, 5.74) is 3.72. The van der Waals surface area contributed by atoms with Gasteiger partial charge in [-0.1, -0.05) is 18.2 Å². The minimum absolute atomic E-state index is 0.0473. The number of aromatic nitrogens is 2. The molecule has 5 heteroatoms. The summed E-state index contributed by atoms with van der Waals surface area (Å²) in [5, 5.41) is 7.73. The molecule has 22 heavy (non-hydrogen) atoms. The zero-order valence-electron chi connectivity index (χ0n) is 13.3. The maximum absolute atomic E-state index is 12.7.